The average Bonchev–Trinajstić information content (AvgIpc) is 2.87. The molecule has 0 aliphatic heterocycles. The molecule has 3 aromatic carbocycles. The molecule has 0 N–H and O–H groups in total. The van der Waals surface area contributed by atoms with E-state index in [1.807, 2.05) is 36.4 Å². The number of hydrogen-bond donors (Lipinski definition) is 0. The van der Waals surface area contributed by atoms with E-state index in [0.29, 0.717) is 32.5 Å². The number of carbonyl (C=O) groups excluding carboxylic acids is 1. The minimum Gasteiger partial charge on any atom is -0.493 e. The summed E-state index contributed by atoms with van der Waals surface area (Å²) in [6.45, 7) is 3.20. The highest BCUT2D eigenvalue weighted by Gasteiger charge is 2.16. The van der Waals surface area contributed by atoms with Gasteiger partial charge in [-0.1, -0.05) is 58.4 Å². The van der Waals surface area contributed by atoms with Gasteiger partial charge in [0.05, 0.1) is 30.3 Å². The molecule has 1 heterocycles. The van der Waals surface area contributed by atoms with Gasteiger partial charge in [-0.25, -0.2) is 9.78 Å². The number of hydrogen-bond acceptors (Lipinski definition) is 7. The summed E-state index contributed by atoms with van der Waals surface area (Å²) in [6, 6.07) is 19.9. The summed E-state index contributed by atoms with van der Waals surface area (Å²) in [6.07, 6.45) is 1.21. The number of methoxy groups -OCH3 is 1. The van der Waals surface area contributed by atoms with E-state index in [1.165, 1.54) is 18.0 Å². The fraction of sp³-hybridized carbons (Fsp3) is 0.185. The minimum atomic E-state index is -0.515. The van der Waals surface area contributed by atoms with Crippen molar-refractivity contribution in [3.63, 3.8) is 0 Å². The molecule has 0 saturated carbocycles. The number of carbonyl (C=O) groups is 1. The normalized spacial score (nSPS) is 11.2. The first-order valence-electron chi connectivity index (χ1n) is 11.2. The van der Waals surface area contributed by atoms with Crippen LogP contribution in [0.25, 0.3) is 22.3 Å². The Morgan fingerprint density at radius 3 is 2.56 bits per heavy atom. The number of benzene rings is 3. The molecule has 0 bridgehead atoms. The van der Waals surface area contributed by atoms with E-state index in [2.05, 4.69) is 21.0 Å². The number of halogens is 1. The van der Waals surface area contributed by atoms with E-state index in [-0.39, 0.29) is 24.0 Å². The number of fused-ring (bicyclic) bond motifs is 1. The van der Waals surface area contributed by atoms with Crippen molar-refractivity contribution in [2.45, 2.75) is 20.0 Å². The maximum atomic E-state index is 13.4. The minimum absolute atomic E-state index is 0.266. The topological polar surface area (TPSA) is 92.0 Å². The second kappa shape index (κ2) is 11.2. The summed E-state index contributed by atoms with van der Waals surface area (Å²) in [5, 5.41) is 4.94. The van der Waals surface area contributed by atoms with Crippen LogP contribution in [-0.4, -0.2) is 41.7 Å². The van der Waals surface area contributed by atoms with Crippen LogP contribution < -0.4 is 15.0 Å². The molecule has 1 aromatic heterocycles. The largest absolute Gasteiger partial charge is 0.493 e. The maximum Gasteiger partial charge on any atom is 0.344 e. The molecule has 0 aliphatic carbocycles. The molecule has 0 radical (unpaired) electrons. The standard InChI is InChI=1S/C27H24BrN3O5/c1-17(2)36-24(32)16-35-25-19(13-20(28)14-23(25)34-3)15-29-31-26(18-9-5-4-6-10-18)30-22-12-8-7-11-21(22)27(31)33/h4-15,17H,16H2,1-3H3. The van der Waals surface area contributed by atoms with Crippen molar-refractivity contribution in [2.75, 3.05) is 13.7 Å². The third kappa shape index (κ3) is 5.63. The molecule has 0 atom stereocenters. The molecular formula is C27H24BrN3O5. The fourth-order valence-corrected chi connectivity index (χ4v) is 4.00. The van der Waals surface area contributed by atoms with Gasteiger partial charge in [-0.15, -0.1) is 0 Å². The van der Waals surface area contributed by atoms with E-state index in [4.69, 9.17) is 19.2 Å². The van der Waals surface area contributed by atoms with Crippen LogP contribution in [0.4, 0.5) is 0 Å². The van der Waals surface area contributed by atoms with E-state index in [0.717, 1.165) is 5.56 Å². The number of ether oxygens (including phenoxy) is 3. The Hall–Kier alpha value is -3.98. The second-order valence-corrected chi connectivity index (χ2v) is 8.95. The Morgan fingerprint density at radius 1 is 1.11 bits per heavy atom. The Morgan fingerprint density at radius 2 is 1.83 bits per heavy atom. The van der Waals surface area contributed by atoms with Crippen molar-refractivity contribution < 1.29 is 19.0 Å². The first-order valence-corrected chi connectivity index (χ1v) is 12.0. The first kappa shape index (κ1) is 25.1. The van der Waals surface area contributed by atoms with Crippen molar-refractivity contribution in [2.24, 2.45) is 5.10 Å². The molecule has 4 rings (SSSR count). The smallest absolute Gasteiger partial charge is 0.344 e. The lowest BCUT2D eigenvalue weighted by Crippen LogP contribution is -2.21. The third-order valence-corrected chi connectivity index (χ3v) is 5.53. The van der Waals surface area contributed by atoms with Crippen LogP contribution in [0.3, 0.4) is 0 Å². The molecule has 0 unspecified atom stereocenters. The van der Waals surface area contributed by atoms with Gasteiger partial charge in [-0.2, -0.15) is 9.78 Å². The highest BCUT2D eigenvalue weighted by atomic mass is 79.9. The van der Waals surface area contributed by atoms with Crippen molar-refractivity contribution >= 4 is 39.0 Å². The average molecular weight is 550 g/mol. The SMILES string of the molecule is COc1cc(Br)cc(C=Nn2c(-c3ccccc3)nc3ccccc3c2=O)c1OCC(=O)OC(C)C. The Bertz CT molecular complexity index is 1480. The van der Waals surface area contributed by atoms with Crippen molar-refractivity contribution in [1.29, 1.82) is 0 Å². The molecular weight excluding hydrogens is 526 g/mol. The van der Waals surface area contributed by atoms with Gasteiger partial charge in [0, 0.05) is 15.6 Å². The summed E-state index contributed by atoms with van der Waals surface area (Å²) < 4.78 is 18.3. The highest BCUT2D eigenvalue weighted by Crippen LogP contribution is 2.34. The van der Waals surface area contributed by atoms with E-state index >= 15 is 0 Å². The molecule has 8 nitrogen and oxygen atoms in total. The van der Waals surface area contributed by atoms with Crippen LogP contribution in [0, 0.1) is 0 Å². The summed E-state index contributed by atoms with van der Waals surface area (Å²) in [5.74, 6) is 0.545. The molecule has 9 heteroatoms. The molecule has 0 fully saturated rings. The summed E-state index contributed by atoms with van der Waals surface area (Å²) in [5.41, 5.74) is 1.47. The Kier molecular flexibility index (Phi) is 7.80. The molecule has 0 amide bonds. The number of rotatable bonds is 8. The zero-order valence-electron chi connectivity index (χ0n) is 20.0. The lowest BCUT2D eigenvalue weighted by Gasteiger charge is -2.15. The monoisotopic (exact) mass is 549 g/mol. The zero-order valence-corrected chi connectivity index (χ0v) is 21.6. The molecule has 4 aromatic rings. The molecule has 184 valence electrons. The van der Waals surface area contributed by atoms with Crippen molar-refractivity contribution in [3.05, 3.63) is 87.1 Å². The Labute approximate surface area is 216 Å². The van der Waals surface area contributed by atoms with Crippen LogP contribution in [0.5, 0.6) is 11.5 Å². The quantitative estimate of drug-likeness (QED) is 0.225. The van der Waals surface area contributed by atoms with Crippen LogP contribution in [0.2, 0.25) is 0 Å². The lowest BCUT2D eigenvalue weighted by atomic mass is 10.2. The first-order chi connectivity index (χ1) is 17.4. The van der Waals surface area contributed by atoms with Crippen LogP contribution in [-0.2, 0) is 9.53 Å². The van der Waals surface area contributed by atoms with Gasteiger partial charge in [0.1, 0.15) is 0 Å². The predicted molar refractivity (Wildman–Crippen MR) is 142 cm³/mol. The van der Waals surface area contributed by atoms with Gasteiger partial charge in [0.25, 0.3) is 5.56 Å². The van der Waals surface area contributed by atoms with Crippen LogP contribution in [0.1, 0.15) is 19.4 Å². The van der Waals surface area contributed by atoms with Gasteiger partial charge in [0.2, 0.25) is 0 Å². The summed E-state index contributed by atoms with van der Waals surface area (Å²) >= 11 is 3.46. The number of nitrogens with zero attached hydrogens (tertiary/aromatic N) is 3. The summed E-state index contributed by atoms with van der Waals surface area (Å²) in [7, 11) is 1.49. The third-order valence-electron chi connectivity index (χ3n) is 5.07. The van der Waals surface area contributed by atoms with Crippen LogP contribution >= 0.6 is 15.9 Å². The van der Waals surface area contributed by atoms with Gasteiger partial charge < -0.3 is 14.2 Å². The number of aromatic nitrogens is 2. The second-order valence-electron chi connectivity index (χ2n) is 8.03. The molecule has 0 spiro atoms. The summed E-state index contributed by atoms with van der Waals surface area (Å²) in [4.78, 5) is 30.2. The highest BCUT2D eigenvalue weighted by molar-refractivity contribution is 9.10. The van der Waals surface area contributed by atoms with Gasteiger partial charge >= 0.3 is 5.97 Å². The maximum absolute atomic E-state index is 13.4. The zero-order chi connectivity index (χ0) is 25.7. The van der Waals surface area contributed by atoms with Gasteiger partial charge in [0.15, 0.2) is 23.9 Å². The number of para-hydroxylation sites is 1. The molecule has 0 saturated heterocycles. The molecule has 36 heavy (non-hydrogen) atoms. The predicted octanol–water partition coefficient (Wildman–Crippen LogP) is 5.05. The van der Waals surface area contributed by atoms with E-state index < -0.39 is 5.97 Å². The van der Waals surface area contributed by atoms with Gasteiger partial charge in [-0.3, -0.25) is 4.79 Å². The lowest BCUT2D eigenvalue weighted by molar-refractivity contribution is -0.149. The van der Waals surface area contributed by atoms with Gasteiger partial charge in [-0.05, 0) is 38.1 Å². The van der Waals surface area contributed by atoms with E-state index in [1.54, 1.807) is 44.2 Å². The fourth-order valence-electron chi connectivity index (χ4n) is 3.54. The van der Waals surface area contributed by atoms with Crippen molar-refractivity contribution in [3.8, 4) is 22.9 Å². The van der Waals surface area contributed by atoms with Crippen molar-refractivity contribution in [1.82, 2.24) is 9.66 Å². The molecule has 0 aliphatic rings. The number of esters is 1. The Balaban J connectivity index is 1.81. The van der Waals surface area contributed by atoms with E-state index in [9.17, 15) is 9.59 Å². The van der Waals surface area contributed by atoms with Crippen LogP contribution in [0.15, 0.2) is 81.1 Å².